The summed E-state index contributed by atoms with van der Waals surface area (Å²) in [5, 5.41) is 10.7. The molecule has 1 aromatic carbocycles. The maximum Gasteiger partial charge on any atom is 0.265 e. The standard InChI is InChI=1S/C16H17N3O2S/c20-15(18-10-11-8-17-9-11)12-4-1-2-5-13(12)19-16(21)14-6-3-7-22-14/h1-7,11,17H,8-10H2,(H,18,20)(H,19,21). The van der Waals surface area contributed by atoms with Crippen LogP contribution in [0.5, 0.6) is 0 Å². The van der Waals surface area contributed by atoms with Crippen molar-refractivity contribution in [1.82, 2.24) is 10.6 Å². The Kier molecular flexibility index (Phi) is 4.50. The highest BCUT2D eigenvalue weighted by molar-refractivity contribution is 7.12. The van der Waals surface area contributed by atoms with E-state index in [1.165, 1.54) is 11.3 Å². The van der Waals surface area contributed by atoms with E-state index in [-0.39, 0.29) is 11.8 Å². The van der Waals surface area contributed by atoms with Crippen LogP contribution in [0.1, 0.15) is 20.0 Å². The lowest BCUT2D eigenvalue weighted by Gasteiger charge is -2.27. The van der Waals surface area contributed by atoms with Gasteiger partial charge in [0.25, 0.3) is 11.8 Å². The summed E-state index contributed by atoms with van der Waals surface area (Å²) in [6.45, 7) is 2.53. The maximum atomic E-state index is 12.3. The van der Waals surface area contributed by atoms with Crippen LogP contribution < -0.4 is 16.0 Å². The molecule has 0 atom stereocenters. The lowest BCUT2D eigenvalue weighted by Crippen LogP contribution is -2.48. The largest absolute Gasteiger partial charge is 0.352 e. The van der Waals surface area contributed by atoms with Gasteiger partial charge in [0, 0.05) is 25.6 Å². The van der Waals surface area contributed by atoms with Gasteiger partial charge in [-0.05, 0) is 23.6 Å². The summed E-state index contributed by atoms with van der Waals surface area (Å²) in [6, 6.07) is 10.6. The molecule has 1 saturated heterocycles. The Morgan fingerprint density at radius 2 is 1.95 bits per heavy atom. The minimum absolute atomic E-state index is 0.158. The predicted octanol–water partition coefficient (Wildman–Crippen LogP) is 1.95. The molecule has 0 bridgehead atoms. The third-order valence-electron chi connectivity index (χ3n) is 3.58. The lowest BCUT2D eigenvalue weighted by molar-refractivity contribution is 0.0943. The van der Waals surface area contributed by atoms with Gasteiger partial charge < -0.3 is 16.0 Å². The van der Waals surface area contributed by atoms with E-state index in [1.54, 1.807) is 30.3 Å². The Bertz CT molecular complexity index is 666. The fourth-order valence-corrected chi connectivity index (χ4v) is 2.83. The Labute approximate surface area is 132 Å². The summed E-state index contributed by atoms with van der Waals surface area (Å²) in [4.78, 5) is 25.0. The van der Waals surface area contributed by atoms with Crippen LogP contribution in [0.2, 0.25) is 0 Å². The fraction of sp³-hybridized carbons (Fsp3) is 0.250. The zero-order chi connectivity index (χ0) is 15.4. The molecule has 2 amide bonds. The van der Waals surface area contributed by atoms with E-state index in [0.29, 0.717) is 28.6 Å². The molecule has 1 aliphatic rings. The minimum Gasteiger partial charge on any atom is -0.352 e. The topological polar surface area (TPSA) is 70.2 Å². The molecule has 3 rings (SSSR count). The van der Waals surface area contributed by atoms with Gasteiger partial charge in [-0.15, -0.1) is 11.3 Å². The van der Waals surface area contributed by atoms with Crippen LogP contribution in [0.4, 0.5) is 5.69 Å². The Hall–Kier alpha value is -2.18. The maximum absolute atomic E-state index is 12.3. The van der Waals surface area contributed by atoms with Gasteiger partial charge in [-0.2, -0.15) is 0 Å². The zero-order valence-corrected chi connectivity index (χ0v) is 12.8. The molecule has 0 saturated carbocycles. The second-order valence-corrected chi connectivity index (χ2v) is 6.16. The van der Waals surface area contributed by atoms with Crippen molar-refractivity contribution in [2.24, 2.45) is 5.92 Å². The van der Waals surface area contributed by atoms with Gasteiger partial charge in [0.1, 0.15) is 0 Å². The number of thiophene rings is 1. The highest BCUT2D eigenvalue weighted by Gasteiger charge is 2.19. The number of nitrogens with one attached hydrogen (secondary N) is 3. The molecule has 5 nitrogen and oxygen atoms in total. The molecular formula is C16H17N3O2S. The molecule has 1 fully saturated rings. The van der Waals surface area contributed by atoms with Gasteiger partial charge in [0.2, 0.25) is 0 Å². The van der Waals surface area contributed by atoms with Crippen LogP contribution in [0.25, 0.3) is 0 Å². The van der Waals surface area contributed by atoms with E-state index in [4.69, 9.17) is 0 Å². The van der Waals surface area contributed by atoms with Crippen LogP contribution in [0, 0.1) is 5.92 Å². The van der Waals surface area contributed by atoms with Crippen LogP contribution in [-0.4, -0.2) is 31.4 Å². The van der Waals surface area contributed by atoms with Crippen molar-refractivity contribution in [3.8, 4) is 0 Å². The molecule has 22 heavy (non-hydrogen) atoms. The first-order valence-electron chi connectivity index (χ1n) is 7.17. The molecule has 2 aromatic rings. The molecule has 0 radical (unpaired) electrons. The van der Waals surface area contributed by atoms with E-state index < -0.39 is 0 Å². The third kappa shape index (κ3) is 3.35. The van der Waals surface area contributed by atoms with Gasteiger partial charge in [-0.1, -0.05) is 18.2 Å². The van der Waals surface area contributed by atoms with E-state index >= 15 is 0 Å². The Balaban J connectivity index is 1.68. The van der Waals surface area contributed by atoms with Gasteiger partial charge in [-0.3, -0.25) is 9.59 Å². The summed E-state index contributed by atoms with van der Waals surface area (Å²) in [5.41, 5.74) is 1.02. The number of anilines is 1. The second-order valence-electron chi connectivity index (χ2n) is 5.21. The quantitative estimate of drug-likeness (QED) is 0.790. The first kappa shape index (κ1) is 14.7. The lowest BCUT2D eigenvalue weighted by atomic mass is 10.0. The third-order valence-corrected chi connectivity index (χ3v) is 4.45. The SMILES string of the molecule is O=C(Nc1ccccc1C(=O)NCC1CNC1)c1cccs1. The number of amides is 2. The number of carbonyl (C=O) groups is 2. The first-order chi connectivity index (χ1) is 10.7. The first-order valence-corrected chi connectivity index (χ1v) is 8.05. The van der Waals surface area contributed by atoms with Gasteiger partial charge in [0.15, 0.2) is 0 Å². The second kappa shape index (κ2) is 6.72. The van der Waals surface area contributed by atoms with Crippen LogP contribution >= 0.6 is 11.3 Å². The van der Waals surface area contributed by atoms with Gasteiger partial charge in [0.05, 0.1) is 16.1 Å². The van der Waals surface area contributed by atoms with Crippen LogP contribution in [-0.2, 0) is 0 Å². The Morgan fingerprint density at radius 1 is 1.14 bits per heavy atom. The van der Waals surface area contributed by atoms with E-state index in [9.17, 15) is 9.59 Å². The molecule has 6 heteroatoms. The monoisotopic (exact) mass is 315 g/mol. The minimum atomic E-state index is -0.196. The normalized spacial score (nSPS) is 14.2. The molecule has 0 aliphatic carbocycles. The van der Waals surface area contributed by atoms with Crippen molar-refractivity contribution in [3.05, 3.63) is 52.2 Å². The summed E-state index contributed by atoms with van der Waals surface area (Å²) in [7, 11) is 0. The van der Waals surface area contributed by atoms with Crippen molar-refractivity contribution in [1.29, 1.82) is 0 Å². The number of hydrogen-bond acceptors (Lipinski definition) is 4. The van der Waals surface area contributed by atoms with Crippen molar-refractivity contribution < 1.29 is 9.59 Å². The van der Waals surface area contributed by atoms with Gasteiger partial charge in [-0.25, -0.2) is 0 Å². The van der Waals surface area contributed by atoms with Crippen molar-refractivity contribution in [2.75, 3.05) is 25.0 Å². The van der Waals surface area contributed by atoms with Gasteiger partial charge >= 0.3 is 0 Å². The van der Waals surface area contributed by atoms with Crippen molar-refractivity contribution >= 4 is 28.8 Å². The predicted molar refractivity (Wildman–Crippen MR) is 87.4 cm³/mol. The average Bonchev–Trinajstić information content (AvgIpc) is 3.00. The molecule has 1 aromatic heterocycles. The Morgan fingerprint density at radius 3 is 2.64 bits per heavy atom. The highest BCUT2D eigenvalue weighted by Crippen LogP contribution is 2.18. The van der Waals surface area contributed by atoms with Crippen molar-refractivity contribution in [3.63, 3.8) is 0 Å². The average molecular weight is 315 g/mol. The van der Waals surface area contributed by atoms with E-state index in [1.807, 2.05) is 11.4 Å². The van der Waals surface area contributed by atoms with E-state index in [0.717, 1.165) is 13.1 Å². The summed E-state index contributed by atoms with van der Waals surface area (Å²) < 4.78 is 0. The van der Waals surface area contributed by atoms with Crippen molar-refractivity contribution in [2.45, 2.75) is 0 Å². The molecule has 1 aliphatic heterocycles. The van der Waals surface area contributed by atoms with Crippen LogP contribution in [0.3, 0.4) is 0 Å². The molecule has 2 heterocycles. The molecule has 0 unspecified atom stereocenters. The number of benzene rings is 1. The highest BCUT2D eigenvalue weighted by atomic mass is 32.1. The molecular weight excluding hydrogens is 298 g/mol. The summed E-state index contributed by atoms with van der Waals surface area (Å²) in [6.07, 6.45) is 0. The zero-order valence-electron chi connectivity index (χ0n) is 12.0. The van der Waals surface area contributed by atoms with Crippen LogP contribution in [0.15, 0.2) is 41.8 Å². The fourth-order valence-electron chi connectivity index (χ4n) is 2.21. The number of carbonyl (C=O) groups excluding carboxylic acids is 2. The number of para-hydroxylation sites is 1. The summed E-state index contributed by atoms with van der Waals surface area (Å²) in [5.74, 6) is 0.143. The molecule has 3 N–H and O–H groups in total. The molecule has 0 spiro atoms. The number of rotatable bonds is 5. The molecule has 114 valence electrons. The van der Waals surface area contributed by atoms with E-state index in [2.05, 4.69) is 16.0 Å². The summed E-state index contributed by atoms with van der Waals surface area (Å²) >= 11 is 1.37. The number of hydrogen-bond donors (Lipinski definition) is 3. The smallest absolute Gasteiger partial charge is 0.265 e.